The molecule has 1 heterocycles. The summed E-state index contributed by atoms with van der Waals surface area (Å²) in [5, 5.41) is 9.18. The molecule has 19 heavy (non-hydrogen) atoms. The van der Waals surface area contributed by atoms with Crippen LogP contribution in [0.15, 0.2) is 48.7 Å². The molecule has 0 aliphatic rings. The second-order valence-electron chi connectivity index (χ2n) is 3.98. The first-order valence-corrected chi connectivity index (χ1v) is 5.95. The Balaban J connectivity index is 0.00000180. The van der Waals surface area contributed by atoms with Gasteiger partial charge in [-0.05, 0) is 35.8 Å². The number of allylic oxidation sites excluding steroid dienone is 1. The first-order valence-electron chi connectivity index (χ1n) is 5.95. The summed E-state index contributed by atoms with van der Waals surface area (Å²) in [6, 6.07) is 16.0. The summed E-state index contributed by atoms with van der Waals surface area (Å²) in [6.45, 7) is 2.12. The van der Waals surface area contributed by atoms with Crippen LogP contribution in [-0.4, -0.2) is 4.98 Å². The first-order chi connectivity index (χ1) is 8.83. The van der Waals surface area contributed by atoms with Gasteiger partial charge in [0.05, 0.1) is 11.3 Å². The Labute approximate surface area is 119 Å². The van der Waals surface area contributed by atoms with Gasteiger partial charge >= 0.3 is 0 Å². The highest BCUT2D eigenvalue weighted by molar-refractivity contribution is 5.88. The van der Waals surface area contributed by atoms with Gasteiger partial charge in [0, 0.05) is 6.20 Å². The molecule has 1 aromatic heterocycles. The molecule has 2 nitrogen and oxygen atoms in total. The van der Waals surface area contributed by atoms with Crippen molar-refractivity contribution in [1.29, 1.82) is 5.26 Å². The fourth-order valence-corrected chi connectivity index (χ4v) is 1.70. The summed E-state index contributed by atoms with van der Waals surface area (Å²) in [4.78, 5) is 4.19. The highest BCUT2D eigenvalue weighted by atomic mass is 35.5. The molecule has 0 unspecified atom stereocenters. The van der Waals surface area contributed by atoms with E-state index in [0.717, 1.165) is 12.0 Å². The molecule has 2 rings (SSSR count). The fraction of sp³-hybridized carbons (Fsp3) is 0.125. The van der Waals surface area contributed by atoms with Crippen molar-refractivity contribution in [3.63, 3.8) is 0 Å². The number of rotatable bonds is 3. The predicted octanol–water partition coefficient (Wildman–Crippen LogP) is 4.13. The van der Waals surface area contributed by atoms with Crippen molar-refractivity contribution in [2.45, 2.75) is 13.3 Å². The SMILES string of the molecule is CCc1ccc(C=C(C#N)c2ccccn2)cc1.Cl. The van der Waals surface area contributed by atoms with Crippen molar-refractivity contribution < 1.29 is 0 Å². The molecule has 1 aromatic carbocycles. The Kier molecular flexibility index (Phi) is 5.78. The Bertz CT molecular complexity index is 580. The van der Waals surface area contributed by atoms with Gasteiger partial charge in [-0.25, -0.2) is 0 Å². The van der Waals surface area contributed by atoms with Crippen LogP contribution in [0.1, 0.15) is 23.7 Å². The lowest BCUT2D eigenvalue weighted by Gasteiger charge is -2.00. The van der Waals surface area contributed by atoms with E-state index in [1.54, 1.807) is 6.20 Å². The van der Waals surface area contributed by atoms with Gasteiger partial charge in [-0.15, -0.1) is 12.4 Å². The monoisotopic (exact) mass is 270 g/mol. The van der Waals surface area contributed by atoms with Gasteiger partial charge in [0.2, 0.25) is 0 Å². The van der Waals surface area contributed by atoms with Crippen molar-refractivity contribution in [2.24, 2.45) is 0 Å². The Hall–Kier alpha value is -2.11. The van der Waals surface area contributed by atoms with E-state index in [1.807, 2.05) is 36.4 Å². The van der Waals surface area contributed by atoms with E-state index in [0.29, 0.717) is 11.3 Å². The largest absolute Gasteiger partial charge is 0.256 e. The van der Waals surface area contributed by atoms with Gasteiger partial charge < -0.3 is 0 Å². The number of nitriles is 1. The molecule has 3 heteroatoms. The summed E-state index contributed by atoms with van der Waals surface area (Å²) >= 11 is 0. The van der Waals surface area contributed by atoms with Crippen molar-refractivity contribution in [3.05, 3.63) is 65.5 Å². The highest BCUT2D eigenvalue weighted by Crippen LogP contribution is 2.15. The maximum atomic E-state index is 9.18. The van der Waals surface area contributed by atoms with Crippen molar-refractivity contribution in [2.75, 3.05) is 0 Å². The fourth-order valence-electron chi connectivity index (χ4n) is 1.70. The van der Waals surface area contributed by atoms with E-state index in [1.165, 1.54) is 5.56 Å². The lowest BCUT2D eigenvalue weighted by molar-refractivity contribution is 1.14. The molecular formula is C16H15ClN2. The van der Waals surface area contributed by atoms with Crippen LogP contribution in [0.3, 0.4) is 0 Å². The molecule has 0 saturated carbocycles. The average Bonchev–Trinajstić information content (AvgIpc) is 2.46. The van der Waals surface area contributed by atoms with E-state index in [4.69, 9.17) is 0 Å². The van der Waals surface area contributed by atoms with E-state index < -0.39 is 0 Å². The van der Waals surface area contributed by atoms with Crippen LogP contribution in [0.5, 0.6) is 0 Å². The van der Waals surface area contributed by atoms with E-state index in [2.05, 4.69) is 30.1 Å². The maximum Gasteiger partial charge on any atom is 0.101 e. The third-order valence-electron chi connectivity index (χ3n) is 2.76. The Morgan fingerprint density at radius 3 is 2.47 bits per heavy atom. The molecule has 0 amide bonds. The van der Waals surface area contributed by atoms with Gasteiger partial charge in [0.1, 0.15) is 6.07 Å². The lowest BCUT2D eigenvalue weighted by Crippen LogP contribution is -1.86. The van der Waals surface area contributed by atoms with Gasteiger partial charge in [0.25, 0.3) is 0 Å². The van der Waals surface area contributed by atoms with Crippen molar-refractivity contribution >= 4 is 24.1 Å². The van der Waals surface area contributed by atoms with Crippen LogP contribution < -0.4 is 0 Å². The van der Waals surface area contributed by atoms with Crippen LogP contribution in [-0.2, 0) is 6.42 Å². The number of pyridine rings is 1. The zero-order chi connectivity index (χ0) is 12.8. The minimum absolute atomic E-state index is 0. The molecular weight excluding hydrogens is 256 g/mol. The number of aromatic nitrogens is 1. The van der Waals surface area contributed by atoms with E-state index in [9.17, 15) is 5.26 Å². The molecule has 0 radical (unpaired) electrons. The van der Waals surface area contributed by atoms with Crippen LogP contribution in [0.4, 0.5) is 0 Å². The normalized spacial score (nSPS) is 10.4. The highest BCUT2D eigenvalue weighted by Gasteiger charge is 2.01. The average molecular weight is 271 g/mol. The van der Waals surface area contributed by atoms with Crippen LogP contribution in [0.25, 0.3) is 11.6 Å². The summed E-state index contributed by atoms with van der Waals surface area (Å²) in [5.74, 6) is 0. The quantitative estimate of drug-likeness (QED) is 0.787. The Morgan fingerprint density at radius 1 is 1.21 bits per heavy atom. The first kappa shape index (κ1) is 14.9. The third kappa shape index (κ3) is 3.94. The molecule has 0 saturated heterocycles. The number of aryl methyl sites for hydroxylation is 1. The number of hydrogen-bond donors (Lipinski definition) is 0. The Morgan fingerprint density at radius 2 is 1.95 bits per heavy atom. The number of nitrogens with zero attached hydrogens (tertiary/aromatic N) is 2. The summed E-state index contributed by atoms with van der Waals surface area (Å²) in [7, 11) is 0. The summed E-state index contributed by atoms with van der Waals surface area (Å²) < 4.78 is 0. The standard InChI is InChI=1S/C16H14N2.ClH/c1-2-13-6-8-14(9-7-13)11-15(12-17)16-5-3-4-10-18-16;/h3-11H,2H2,1H3;1H. The minimum Gasteiger partial charge on any atom is -0.256 e. The molecule has 0 fully saturated rings. The van der Waals surface area contributed by atoms with E-state index >= 15 is 0 Å². The molecule has 0 bridgehead atoms. The molecule has 0 spiro atoms. The number of hydrogen-bond acceptors (Lipinski definition) is 2. The van der Waals surface area contributed by atoms with Crippen LogP contribution in [0.2, 0.25) is 0 Å². The maximum absolute atomic E-state index is 9.18. The zero-order valence-electron chi connectivity index (χ0n) is 10.7. The van der Waals surface area contributed by atoms with Crippen molar-refractivity contribution in [3.8, 4) is 6.07 Å². The summed E-state index contributed by atoms with van der Waals surface area (Å²) in [6.07, 6.45) is 4.58. The third-order valence-corrected chi connectivity index (χ3v) is 2.76. The molecule has 0 N–H and O–H groups in total. The van der Waals surface area contributed by atoms with Gasteiger partial charge in [-0.2, -0.15) is 5.26 Å². The van der Waals surface area contributed by atoms with Gasteiger partial charge in [-0.3, -0.25) is 4.98 Å². The van der Waals surface area contributed by atoms with E-state index in [-0.39, 0.29) is 12.4 Å². The second kappa shape index (κ2) is 7.35. The molecule has 0 aliphatic carbocycles. The van der Waals surface area contributed by atoms with Crippen LogP contribution >= 0.6 is 12.4 Å². The van der Waals surface area contributed by atoms with Gasteiger partial charge in [0.15, 0.2) is 0 Å². The zero-order valence-corrected chi connectivity index (χ0v) is 11.5. The van der Waals surface area contributed by atoms with Crippen LogP contribution in [0, 0.1) is 11.3 Å². The van der Waals surface area contributed by atoms with Gasteiger partial charge in [-0.1, -0.05) is 37.3 Å². The predicted molar refractivity (Wildman–Crippen MR) is 80.8 cm³/mol. The van der Waals surface area contributed by atoms with Crippen molar-refractivity contribution in [1.82, 2.24) is 4.98 Å². The molecule has 0 atom stereocenters. The number of benzene rings is 1. The smallest absolute Gasteiger partial charge is 0.101 e. The molecule has 0 aliphatic heterocycles. The lowest BCUT2D eigenvalue weighted by atomic mass is 10.1. The topological polar surface area (TPSA) is 36.7 Å². The minimum atomic E-state index is 0. The molecule has 96 valence electrons. The molecule has 2 aromatic rings. The second-order valence-corrected chi connectivity index (χ2v) is 3.98. The summed E-state index contributed by atoms with van der Waals surface area (Å²) in [5.41, 5.74) is 3.61. The number of halogens is 1.